The molecule has 0 bridgehead atoms. The third-order valence-corrected chi connectivity index (χ3v) is 3.74. The zero-order valence-corrected chi connectivity index (χ0v) is 12.8. The van der Waals surface area contributed by atoms with E-state index in [2.05, 4.69) is 20.9 Å². The lowest BCUT2D eigenvalue weighted by Gasteiger charge is -2.25. The van der Waals surface area contributed by atoms with E-state index in [4.69, 9.17) is 0 Å². The smallest absolute Gasteiger partial charge is 0.257 e. The van der Waals surface area contributed by atoms with Crippen molar-refractivity contribution in [1.82, 2.24) is 9.88 Å². The fraction of sp³-hybridized carbons (Fsp3) is 0.200. The first-order valence-electron chi connectivity index (χ1n) is 6.13. The van der Waals surface area contributed by atoms with Gasteiger partial charge in [0.15, 0.2) is 0 Å². The van der Waals surface area contributed by atoms with Gasteiger partial charge in [0, 0.05) is 23.9 Å². The molecule has 1 amide bonds. The molecule has 0 aliphatic heterocycles. The van der Waals surface area contributed by atoms with Gasteiger partial charge in [-0.25, -0.2) is 4.39 Å². The van der Waals surface area contributed by atoms with Crippen LogP contribution in [0.4, 0.5) is 4.39 Å². The van der Waals surface area contributed by atoms with Gasteiger partial charge in [-0.15, -0.1) is 0 Å². The maximum Gasteiger partial charge on any atom is 0.257 e. The van der Waals surface area contributed by atoms with Gasteiger partial charge >= 0.3 is 0 Å². The van der Waals surface area contributed by atoms with Crippen molar-refractivity contribution >= 4 is 21.8 Å². The molecule has 0 N–H and O–H groups in total. The van der Waals surface area contributed by atoms with Gasteiger partial charge in [-0.3, -0.25) is 9.78 Å². The van der Waals surface area contributed by atoms with Crippen molar-refractivity contribution in [3.63, 3.8) is 0 Å². The van der Waals surface area contributed by atoms with Crippen molar-refractivity contribution in [2.75, 3.05) is 7.05 Å². The van der Waals surface area contributed by atoms with Crippen molar-refractivity contribution < 1.29 is 9.18 Å². The van der Waals surface area contributed by atoms with Crippen LogP contribution in [-0.4, -0.2) is 22.8 Å². The summed E-state index contributed by atoms with van der Waals surface area (Å²) in [5.41, 5.74) is 1.01. The maximum atomic E-state index is 13.8. The van der Waals surface area contributed by atoms with E-state index >= 15 is 0 Å². The minimum absolute atomic E-state index is 0.0581. The first-order chi connectivity index (χ1) is 9.50. The summed E-state index contributed by atoms with van der Waals surface area (Å²) in [6.07, 6.45) is 3.34. The number of carbonyl (C=O) groups excluding carboxylic acids is 1. The molecule has 5 heteroatoms. The highest BCUT2D eigenvalue weighted by atomic mass is 79.9. The second kappa shape index (κ2) is 6.13. The van der Waals surface area contributed by atoms with Gasteiger partial charge in [0.05, 0.1) is 11.6 Å². The lowest BCUT2D eigenvalue weighted by molar-refractivity contribution is 0.0738. The highest BCUT2D eigenvalue weighted by molar-refractivity contribution is 9.10. The molecule has 1 aromatic carbocycles. The van der Waals surface area contributed by atoms with E-state index in [9.17, 15) is 9.18 Å². The van der Waals surface area contributed by atoms with Crippen LogP contribution >= 0.6 is 15.9 Å². The Hall–Kier alpha value is -1.75. The number of hydrogen-bond donors (Lipinski definition) is 0. The average molecular weight is 337 g/mol. The molecule has 0 fully saturated rings. The summed E-state index contributed by atoms with van der Waals surface area (Å²) in [5.74, 6) is -0.875. The molecule has 0 radical (unpaired) electrons. The fourth-order valence-electron chi connectivity index (χ4n) is 1.89. The van der Waals surface area contributed by atoms with Crippen LogP contribution in [0.5, 0.6) is 0 Å². The van der Waals surface area contributed by atoms with Gasteiger partial charge in [0.1, 0.15) is 5.82 Å². The summed E-state index contributed by atoms with van der Waals surface area (Å²) in [5, 5.41) is 0. The maximum absolute atomic E-state index is 13.8. The van der Waals surface area contributed by atoms with E-state index in [1.807, 2.05) is 19.1 Å². The van der Waals surface area contributed by atoms with Gasteiger partial charge in [-0.05, 0) is 42.8 Å². The van der Waals surface area contributed by atoms with Crippen LogP contribution in [-0.2, 0) is 0 Å². The van der Waals surface area contributed by atoms with E-state index < -0.39 is 5.82 Å². The first-order valence-corrected chi connectivity index (χ1v) is 6.92. The van der Waals surface area contributed by atoms with Crippen molar-refractivity contribution in [3.05, 3.63) is 64.1 Å². The van der Waals surface area contributed by atoms with Crippen molar-refractivity contribution in [2.24, 2.45) is 0 Å². The lowest BCUT2D eigenvalue weighted by Crippen LogP contribution is -2.30. The standard InChI is InChI=1S/C15H14BrFN2O/c1-10(11-5-7-18-8-6-11)19(2)15(20)13-9-12(16)3-4-14(13)17/h3-10H,1-2H3. The van der Waals surface area contributed by atoms with Crippen LogP contribution < -0.4 is 0 Å². The van der Waals surface area contributed by atoms with Gasteiger partial charge in [0.25, 0.3) is 5.91 Å². The van der Waals surface area contributed by atoms with Crippen LogP contribution in [0.3, 0.4) is 0 Å². The Morgan fingerprint density at radius 3 is 2.60 bits per heavy atom. The quantitative estimate of drug-likeness (QED) is 0.853. The molecule has 0 saturated carbocycles. The molecule has 3 nitrogen and oxygen atoms in total. The highest BCUT2D eigenvalue weighted by Crippen LogP contribution is 2.22. The predicted molar refractivity (Wildman–Crippen MR) is 78.8 cm³/mol. The number of amides is 1. The molecule has 0 saturated heterocycles. The molecule has 0 aliphatic rings. The highest BCUT2D eigenvalue weighted by Gasteiger charge is 2.21. The topological polar surface area (TPSA) is 33.2 Å². The number of benzene rings is 1. The van der Waals surface area contributed by atoms with Crippen LogP contribution in [0, 0.1) is 5.82 Å². The third-order valence-electron chi connectivity index (χ3n) is 3.25. The third kappa shape index (κ3) is 3.04. The minimum Gasteiger partial charge on any atom is -0.335 e. The molecule has 0 spiro atoms. The number of halogens is 2. The summed E-state index contributed by atoms with van der Waals surface area (Å²) >= 11 is 3.25. The normalized spacial score (nSPS) is 12.0. The van der Waals surface area contributed by atoms with E-state index in [0.717, 1.165) is 5.56 Å². The molecule has 0 aliphatic carbocycles. The number of pyridine rings is 1. The number of hydrogen-bond acceptors (Lipinski definition) is 2. The Morgan fingerprint density at radius 1 is 1.30 bits per heavy atom. The summed E-state index contributed by atoms with van der Waals surface area (Å²) in [6, 6.07) is 7.86. The Balaban J connectivity index is 2.27. The number of nitrogens with zero attached hydrogens (tertiary/aromatic N) is 2. The zero-order chi connectivity index (χ0) is 14.7. The molecule has 1 unspecified atom stereocenters. The summed E-state index contributed by atoms with van der Waals surface area (Å²) in [4.78, 5) is 17.8. The zero-order valence-electron chi connectivity index (χ0n) is 11.2. The van der Waals surface area contributed by atoms with Crippen molar-refractivity contribution in [1.29, 1.82) is 0 Å². The SMILES string of the molecule is CC(c1ccncc1)N(C)C(=O)c1cc(Br)ccc1F. The van der Waals surface area contributed by atoms with Gasteiger partial charge in [-0.1, -0.05) is 15.9 Å². The Bertz CT molecular complexity index is 619. The lowest BCUT2D eigenvalue weighted by atomic mass is 10.1. The number of rotatable bonds is 3. The molecule has 104 valence electrons. The summed E-state index contributed by atoms with van der Waals surface area (Å²) in [7, 11) is 1.66. The number of carbonyl (C=O) groups is 1. The Labute approximate surface area is 125 Å². The molecule has 1 heterocycles. The molecule has 2 aromatic rings. The summed E-state index contributed by atoms with van der Waals surface area (Å²) in [6.45, 7) is 1.89. The van der Waals surface area contributed by atoms with Crippen molar-refractivity contribution in [3.8, 4) is 0 Å². The Kier molecular flexibility index (Phi) is 4.49. The Morgan fingerprint density at radius 2 is 1.95 bits per heavy atom. The van der Waals surface area contributed by atoms with Gasteiger partial charge in [0.2, 0.25) is 0 Å². The molecular formula is C15H14BrFN2O. The van der Waals surface area contributed by atoms with Gasteiger partial charge in [-0.2, -0.15) is 0 Å². The van der Waals surface area contributed by atoms with Crippen LogP contribution in [0.25, 0.3) is 0 Å². The van der Waals surface area contributed by atoms with Crippen LogP contribution in [0.2, 0.25) is 0 Å². The van der Waals surface area contributed by atoms with Crippen molar-refractivity contribution in [2.45, 2.75) is 13.0 Å². The van der Waals surface area contributed by atoms with E-state index in [1.54, 1.807) is 25.5 Å². The molecule has 20 heavy (non-hydrogen) atoms. The summed E-state index contributed by atoms with van der Waals surface area (Å²) < 4.78 is 14.4. The second-order valence-electron chi connectivity index (χ2n) is 4.50. The predicted octanol–water partition coefficient (Wildman–Crippen LogP) is 3.82. The fourth-order valence-corrected chi connectivity index (χ4v) is 2.25. The van der Waals surface area contributed by atoms with E-state index in [0.29, 0.717) is 4.47 Å². The van der Waals surface area contributed by atoms with E-state index in [1.165, 1.54) is 17.0 Å². The van der Waals surface area contributed by atoms with Gasteiger partial charge < -0.3 is 4.90 Å². The van der Waals surface area contributed by atoms with Crippen LogP contribution in [0.15, 0.2) is 47.2 Å². The second-order valence-corrected chi connectivity index (χ2v) is 5.41. The monoisotopic (exact) mass is 336 g/mol. The first kappa shape index (κ1) is 14.7. The number of aromatic nitrogens is 1. The molecule has 1 atom stereocenters. The molecule has 2 rings (SSSR count). The molecule has 1 aromatic heterocycles. The largest absolute Gasteiger partial charge is 0.335 e. The minimum atomic E-state index is -0.521. The average Bonchev–Trinajstić information content (AvgIpc) is 2.48. The van der Waals surface area contributed by atoms with E-state index in [-0.39, 0.29) is 17.5 Å². The molecular weight excluding hydrogens is 323 g/mol. The van der Waals surface area contributed by atoms with Crippen LogP contribution in [0.1, 0.15) is 28.9 Å².